The van der Waals surface area contributed by atoms with Crippen LogP contribution in [0.3, 0.4) is 0 Å². The van der Waals surface area contributed by atoms with E-state index < -0.39 is 23.9 Å². The minimum absolute atomic E-state index is 0.0362. The highest BCUT2D eigenvalue weighted by atomic mass is 16.5. The second-order valence-electron chi connectivity index (χ2n) is 4.73. The molecule has 0 saturated carbocycles. The monoisotopic (exact) mass is 360 g/mol. The zero-order chi connectivity index (χ0) is 19.7. The molecule has 0 aliphatic carbocycles. The zero-order valence-corrected chi connectivity index (χ0v) is 13.7. The molecule has 0 radical (unpaired) electrons. The SMILES string of the molecule is CCOC(=O)c1ccccc1C(=O)O.O=C(O)c1ccccc1C(=O)O. The molecule has 136 valence electrons. The predicted octanol–water partition coefficient (Wildman–Crippen LogP) is 2.64. The summed E-state index contributed by atoms with van der Waals surface area (Å²) in [6.45, 7) is 1.90. The number of hydrogen-bond donors (Lipinski definition) is 3. The Morgan fingerprint density at radius 1 is 0.692 bits per heavy atom. The Morgan fingerprint density at radius 3 is 1.31 bits per heavy atom. The van der Waals surface area contributed by atoms with Crippen LogP contribution < -0.4 is 0 Å². The second kappa shape index (κ2) is 9.58. The van der Waals surface area contributed by atoms with Crippen LogP contribution in [0.2, 0.25) is 0 Å². The first kappa shape index (κ1) is 20.4. The predicted molar refractivity (Wildman–Crippen MR) is 89.7 cm³/mol. The average Bonchev–Trinajstić information content (AvgIpc) is 2.62. The van der Waals surface area contributed by atoms with Crippen molar-refractivity contribution in [1.82, 2.24) is 0 Å². The fourth-order valence-electron chi connectivity index (χ4n) is 1.91. The molecule has 2 rings (SSSR count). The second-order valence-corrected chi connectivity index (χ2v) is 4.73. The number of aromatic carboxylic acids is 3. The molecule has 8 nitrogen and oxygen atoms in total. The molecule has 2 aromatic carbocycles. The number of benzene rings is 2. The summed E-state index contributed by atoms with van der Waals surface area (Å²) in [6.07, 6.45) is 0. The van der Waals surface area contributed by atoms with Crippen LogP contribution in [-0.4, -0.2) is 45.8 Å². The van der Waals surface area contributed by atoms with Gasteiger partial charge in [0.2, 0.25) is 0 Å². The van der Waals surface area contributed by atoms with Gasteiger partial charge in [-0.25, -0.2) is 19.2 Å². The third kappa shape index (κ3) is 5.45. The topological polar surface area (TPSA) is 138 Å². The fourth-order valence-corrected chi connectivity index (χ4v) is 1.91. The number of rotatable bonds is 5. The molecule has 0 fully saturated rings. The molecule has 0 unspecified atom stereocenters. The van der Waals surface area contributed by atoms with Gasteiger partial charge >= 0.3 is 23.9 Å². The van der Waals surface area contributed by atoms with E-state index in [0.29, 0.717) is 0 Å². The molecular weight excluding hydrogens is 344 g/mol. The van der Waals surface area contributed by atoms with Crippen molar-refractivity contribution in [2.24, 2.45) is 0 Å². The van der Waals surface area contributed by atoms with Crippen molar-refractivity contribution in [2.45, 2.75) is 6.92 Å². The fraction of sp³-hybridized carbons (Fsp3) is 0.111. The number of ether oxygens (including phenoxy) is 1. The molecule has 8 heteroatoms. The van der Waals surface area contributed by atoms with E-state index in [1.807, 2.05) is 0 Å². The number of hydrogen-bond acceptors (Lipinski definition) is 5. The summed E-state index contributed by atoms with van der Waals surface area (Å²) in [5.41, 5.74) is -0.331. The van der Waals surface area contributed by atoms with Gasteiger partial charge < -0.3 is 20.1 Å². The Labute approximate surface area is 148 Å². The summed E-state index contributed by atoms with van der Waals surface area (Å²) in [5.74, 6) is -4.19. The third-order valence-electron chi connectivity index (χ3n) is 3.04. The van der Waals surface area contributed by atoms with Crippen molar-refractivity contribution in [2.75, 3.05) is 6.61 Å². The van der Waals surface area contributed by atoms with Gasteiger partial charge in [-0.15, -0.1) is 0 Å². The highest BCUT2D eigenvalue weighted by Crippen LogP contribution is 2.10. The van der Waals surface area contributed by atoms with Crippen molar-refractivity contribution < 1.29 is 39.2 Å². The molecule has 3 N–H and O–H groups in total. The van der Waals surface area contributed by atoms with E-state index in [1.165, 1.54) is 36.4 Å². The van der Waals surface area contributed by atoms with Gasteiger partial charge in [0, 0.05) is 0 Å². The molecule has 0 aliphatic heterocycles. The quantitative estimate of drug-likeness (QED) is 0.692. The molecule has 0 atom stereocenters. The van der Waals surface area contributed by atoms with Crippen LogP contribution in [0, 0.1) is 0 Å². The Hall–Kier alpha value is -3.68. The lowest BCUT2D eigenvalue weighted by Gasteiger charge is -2.04. The van der Waals surface area contributed by atoms with Gasteiger partial charge in [0.1, 0.15) is 0 Å². The summed E-state index contributed by atoms with van der Waals surface area (Å²) in [5, 5.41) is 25.9. The Morgan fingerprint density at radius 2 is 1.00 bits per heavy atom. The van der Waals surface area contributed by atoms with Crippen molar-refractivity contribution in [3.8, 4) is 0 Å². The van der Waals surface area contributed by atoms with Crippen LogP contribution in [-0.2, 0) is 4.74 Å². The van der Waals surface area contributed by atoms with Gasteiger partial charge in [0.15, 0.2) is 0 Å². The minimum atomic E-state index is -1.23. The maximum absolute atomic E-state index is 11.3. The molecule has 0 bridgehead atoms. The number of carboxylic acid groups (broad SMARTS) is 3. The molecule has 0 aliphatic rings. The van der Waals surface area contributed by atoms with Crippen LogP contribution in [0.25, 0.3) is 0 Å². The zero-order valence-electron chi connectivity index (χ0n) is 13.7. The highest BCUT2D eigenvalue weighted by molar-refractivity contribution is 6.02. The molecule has 0 heterocycles. The van der Waals surface area contributed by atoms with E-state index in [2.05, 4.69) is 0 Å². The standard InChI is InChI=1S/C10H10O4.C8H6O4/c1-2-14-10(13)8-6-4-3-5-7(8)9(11)12;9-7(10)5-3-1-2-4-6(5)8(11)12/h3-6H,2H2,1H3,(H,11,12);1-4H,(H,9,10)(H,11,12). The van der Waals surface area contributed by atoms with Gasteiger partial charge in [0.05, 0.1) is 28.9 Å². The first-order valence-electron chi connectivity index (χ1n) is 7.34. The van der Waals surface area contributed by atoms with E-state index in [-0.39, 0.29) is 28.9 Å². The first-order valence-corrected chi connectivity index (χ1v) is 7.34. The molecule has 0 amide bonds. The summed E-state index contributed by atoms with van der Waals surface area (Å²) in [6, 6.07) is 11.4. The van der Waals surface area contributed by atoms with Crippen LogP contribution in [0.4, 0.5) is 0 Å². The lowest BCUT2D eigenvalue weighted by atomic mass is 10.1. The van der Waals surface area contributed by atoms with Gasteiger partial charge in [0.25, 0.3) is 0 Å². The number of esters is 1. The van der Waals surface area contributed by atoms with E-state index in [0.717, 1.165) is 0 Å². The van der Waals surface area contributed by atoms with E-state index in [9.17, 15) is 19.2 Å². The van der Waals surface area contributed by atoms with Crippen LogP contribution in [0.15, 0.2) is 48.5 Å². The van der Waals surface area contributed by atoms with Crippen LogP contribution in [0.1, 0.15) is 48.4 Å². The van der Waals surface area contributed by atoms with Crippen molar-refractivity contribution >= 4 is 23.9 Å². The minimum Gasteiger partial charge on any atom is -0.478 e. The van der Waals surface area contributed by atoms with Gasteiger partial charge in [-0.3, -0.25) is 0 Å². The average molecular weight is 360 g/mol. The summed E-state index contributed by atoms with van der Waals surface area (Å²) < 4.78 is 4.72. The molecule has 26 heavy (non-hydrogen) atoms. The maximum Gasteiger partial charge on any atom is 0.338 e. The summed E-state index contributed by atoms with van der Waals surface area (Å²) in [4.78, 5) is 42.9. The molecule has 2 aromatic rings. The van der Waals surface area contributed by atoms with Crippen molar-refractivity contribution in [3.05, 3.63) is 70.8 Å². The van der Waals surface area contributed by atoms with Crippen LogP contribution >= 0.6 is 0 Å². The number of carbonyl (C=O) groups is 4. The lowest BCUT2D eigenvalue weighted by molar-refractivity contribution is 0.0514. The van der Waals surface area contributed by atoms with Gasteiger partial charge in [-0.05, 0) is 31.2 Å². The molecule has 0 spiro atoms. The maximum atomic E-state index is 11.3. The van der Waals surface area contributed by atoms with Gasteiger partial charge in [-0.1, -0.05) is 24.3 Å². The Balaban J connectivity index is 0.000000263. The van der Waals surface area contributed by atoms with Crippen molar-refractivity contribution in [3.63, 3.8) is 0 Å². The summed E-state index contributed by atoms with van der Waals surface area (Å²) in [7, 11) is 0. The highest BCUT2D eigenvalue weighted by Gasteiger charge is 2.16. The third-order valence-corrected chi connectivity index (χ3v) is 3.04. The first-order chi connectivity index (χ1) is 12.3. The largest absolute Gasteiger partial charge is 0.478 e. The normalized spacial score (nSPS) is 9.42. The lowest BCUT2D eigenvalue weighted by Crippen LogP contribution is -2.11. The van der Waals surface area contributed by atoms with Crippen molar-refractivity contribution in [1.29, 1.82) is 0 Å². The molecule has 0 aromatic heterocycles. The van der Waals surface area contributed by atoms with E-state index in [4.69, 9.17) is 20.1 Å². The van der Waals surface area contributed by atoms with Crippen LogP contribution in [0.5, 0.6) is 0 Å². The number of carbonyl (C=O) groups excluding carboxylic acids is 1. The van der Waals surface area contributed by atoms with E-state index >= 15 is 0 Å². The Bertz CT molecular complexity index is 792. The molecule has 0 saturated heterocycles. The van der Waals surface area contributed by atoms with Gasteiger partial charge in [-0.2, -0.15) is 0 Å². The number of carboxylic acids is 3. The Kier molecular flexibility index (Phi) is 7.50. The smallest absolute Gasteiger partial charge is 0.338 e. The molecular formula is C18H16O8. The van der Waals surface area contributed by atoms with E-state index in [1.54, 1.807) is 19.1 Å². The summed E-state index contributed by atoms with van der Waals surface area (Å²) >= 11 is 0.